The van der Waals surface area contributed by atoms with Crippen molar-refractivity contribution in [3.05, 3.63) is 41.6 Å². The van der Waals surface area contributed by atoms with Crippen LogP contribution in [-0.2, 0) is 4.79 Å². The van der Waals surface area contributed by atoms with Crippen molar-refractivity contribution in [1.29, 1.82) is 0 Å². The smallest absolute Gasteiger partial charge is 0.337 e. The molecule has 0 fully saturated rings. The number of carboxylic acids is 2. The number of nitrogens with zero attached hydrogens (tertiary/aromatic N) is 1. The van der Waals surface area contributed by atoms with Gasteiger partial charge in [0, 0.05) is 5.39 Å². The normalized spacial score (nSPS) is 12.3. The first-order chi connectivity index (χ1) is 9.04. The van der Waals surface area contributed by atoms with Crippen LogP contribution in [0.25, 0.3) is 10.9 Å². The predicted molar refractivity (Wildman–Crippen MR) is 69.4 cm³/mol. The summed E-state index contributed by atoms with van der Waals surface area (Å²) in [5, 5.41) is 19.1. The van der Waals surface area contributed by atoms with Crippen LogP contribution in [-0.4, -0.2) is 27.1 Å². The zero-order valence-corrected chi connectivity index (χ0v) is 10.3. The maximum absolute atomic E-state index is 11.3. The Labute approximate surface area is 109 Å². The Morgan fingerprint density at radius 1 is 1.26 bits per heavy atom. The number of benzene rings is 1. The van der Waals surface area contributed by atoms with Gasteiger partial charge in [0.05, 0.1) is 22.7 Å². The number of carboxylic acid groups (broad SMARTS) is 2. The van der Waals surface area contributed by atoms with Gasteiger partial charge in [-0.2, -0.15) is 0 Å². The summed E-state index contributed by atoms with van der Waals surface area (Å²) in [7, 11) is 0. The van der Waals surface area contributed by atoms with Crippen LogP contribution in [0.15, 0.2) is 30.3 Å². The Kier molecular flexibility index (Phi) is 3.46. The summed E-state index contributed by atoms with van der Waals surface area (Å²) in [4.78, 5) is 26.7. The van der Waals surface area contributed by atoms with E-state index >= 15 is 0 Å². The van der Waals surface area contributed by atoms with Gasteiger partial charge in [-0.15, -0.1) is 0 Å². The van der Waals surface area contributed by atoms with E-state index in [0.717, 1.165) is 0 Å². The van der Waals surface area contributed by atoms with Gasteiger partial charge in [-0.25, -0.2) is 4.79 Å². The van der Waals surface area contributed by atoms with Gasteiger partial charge in [-0.05, 0) is 18.6 Å². The molecule has 0 aliphatic heterocycles. The highest BCUT2D eigenvalue weighted by atomic mass is 16.4. The van der Waals surface area contributed by atoms with Crippen LogP contribution in [0, 0.1) is 0 Å². The first-order valence-electron chi connectivity index (χ1n) is 5.90. The maximum Gasteiger partial charge on any atom is 0.337 e. The minimum absolute atomic E-state index is 0.0482. The molecule has 98 valence electrons. The van der Waals surface area contributed by atoms with Crippen LogP contribution in [0.4, 0.5) is 0 Å². The Morgan fingerprint density at radius 2 is 1.95 bits per heavy atom. The number of pyridine rings is 1. The van der Waals surface area contributed by atoms with Crippen LogP contribution in [0.5, 0.6) is 0 Å². The summed E-state index contributed by atoms with van der Waals surface area (Å²) >= 11 is 0. The highest BCUT2D eigenvalue weighted by Gasteiger charge is 2.25. The number of carbonyl (C=O) groups is 2. The monoisotopic (exact) mass is 259 g/mol. The number of para-hydroxylation sites is 1. The largest absolute Gasteiger partial charge is 0.481 e. The molecular formula is C14H13NO4. The topological polar surface area (TPSA) is 87.5 Å². The van der Waals surface area contributed by atoms with Crippen molar-refractivity contribution >= 4 is 22.8 Å². The molecular weight excluding hydrogens is 246 g/mol. The molecule has 2 rings (SSSR count). The van der Waals surface area contributed by atoms with Gasteiger partial charge in [0.15, 0.2) is 0 Å². The molecule has 5 nitrogen and oxygen atoms in total. The molecule has 0 radical (unpaired) electrons. The van der Waals surface area contributed by atoms with Gasteiger partial charge >= 0.3 is 11.9 Å². The third-order valence-corrected chi connectivity index (χ3v) is 3.02. The predicted octanol–water partition coefficient (Wildman–Crippen LogP) is 2.51. The SMILES string of the molecule is CCC(C(=O)O)c1nc2ccccc2cc1C(=O)O. The van der Waals surface area contributed by atoms with Gasteiger partial charge in [0.1, 0.15) is 0 Å². The van der Waals surface area contributed by atoms with Crippen LogP contribution < -0.4 is 0 Å². The van der Waals surface area contributed by atoms with Crippen LogP contribution in [0.3, 0.4) is 0 Å². The molecule has 0 aliphatic carbocycles. The minimum Gasteiger partial charge on any atom is -0.481 e. The fourth-order valence-corrected chi connectivity index (χ4v) is 2.05. The number of aliphatic carboxylic acids is 1. The third kappa shape index (κ3) is 2.40. The lowest BCUT2D eigenvalue weighted by atomic mass is 9.96. The van der Waals surface area contributed by atoms with E-state index in [-0.39, 0.29) is 11.3 Å². The van der Waals surface area contributed by atoms with Crippen LogP contribution in [0.1, 0.15) is 35.3 Å². The number of hydrogen-bond donors (Lipinski definition) is 2. The van der Waals surface area contributed by atoms with Gasteiger partial charge < -0.3 is 10.2 Å². The van der Waals surface area contributed by atoms with Gasteiger partial charge in [-0.3, -0.25) is 9.78 Å². The molecule has 5 heteroatoms. The Hall–Kier alpha value is -2.43. The highest BCUT2D eigenvalue weighted by molar-refractivity contribution is 5.95. The first kappa shape index (κ1) is 13.0. The number of hydrogen-bond acceptors (Lipinski definition) is 3. The maximum atomic E-state index is 11.3. The first-order valence-corrected chi connectivity index (χ1v) is 5.90. The van der Waals surface area contributed by atoms with Gasteiger partial charge in [0.2, 0.25) is 0 Å². The van der Waals surface area contributed by atoms with E-state index in [1.54, 1.807) is 31.2 Å². The van der Waals surface area contributed by atoms with Gasteiger partial charge in [-0.1, -0.05) is 25.1 Å². The van der Waals surface area contributed by atoms with Crippen molar-refractivity contribution in [3.8, 4) is 0 Å². The number of rotatable bonds is 4. The van der Waals surface area contributed by atoms with Crippen molar-refractivity contribution in [3.63, 3.8) is 0 Å². The summed E-state index contributed by atoms with van der Waals surface area (Å²) in [6, 6.07) is 8.52. The second-order valence-electron chi connectivity index (χ2n) is 4.22. The van der Waals surface area contributed by atoms with E-state index in [2.05, 4.69) is 4.98 Å². The van der Waals surface area contributed by atoms with Crippen molar-refractivity contribution in [2.24, 2.45) is 0 Å². The zero-order valence-electron chi connectivity index (χ0n) is 10.3. The second kappa shape index (κ2) is 5.06. The Bertz CT molecular complexity index is 651. The van der Waals surface area contributed by atoms with Crippen LogP contribution in [0.2, 0.25) is 0 Å². The van der Waals surface area contributed by atoms with E-state index in [1.807, 2.05) is 0 Å². The quantitative estimate of drug-likeness (QED) is 0.880. The average Bonchev–Trinajstić information content (AvgIpc) is 2.38. The summed E-state index contributed by atoms with van der Waals surface area (Å²) in [6.45, 7) is 1.70. The van der Waals surface area contributed by atoms with Gasteiger partial charge in [0.25, 0.3) is 0 Å². The van der Waals surface area contributed by atoms with Crippen molar-refractivity contribution in [1.82, 2.24) is 4.98 Å². The fraction of sp³-hybridized carbons (Fsp3) is 0.214. The molecule has 1 heterocycles. The molecule has 0 saturated carbocycles. The molecule has 19 heavy (non-hydrogen) atoms. The number of fused-ring (bicyclic) bond motifs is 1. The summed E-state index contributed by atoms with van der Waals surface area (Å²) in [5.74, 6) is -3.13. The van der Waals surface area contributed by atoms with E-state index in [4.69, 9.17) is 0 Å². The molecule has 1 unspecified atom stereocenters. The van der Waals surface area contributed by atoms with Crippen molar-refractivity contribution < 1.29 is 19.8 Å². The molecule has 1 aromatic carbocycles. The molecule has 0 saturated heterocycles. The summed E-state index contributed by atoms with van der Waals surface area (Å²) in [6.07, 6.45) is 0.293. The summed E-state index contributed by atoms with van der Waals surface area (Å²) < 4.78 is 0. The van der Waals surface area contributed by atoms with Crippen molar-refractivity contribution in [2.45, 2.75) is 19.3 Å². The molecule has 0 spiro atoms. The average molecular weight is 259 g/mol. The van der Waals surface area contributed by atoms with Crippen molar-refractivity contribution in [2.75, 3.05) is 0 Å². The lowest BCUT2D eigenvalue weighted by Crippen LogP contribution is -2.17. The fourth-order valence-electron chi connectivity index (χ4n) is 2.05. The lowest BCUT2D eigenvalue weighted by molar-refractivity contribution is -0.138. The van der Waals surface area contributed by atoms with E-state index in [9.17, 15) is 19.8 Å². The molecule has 2 aromatic rings. The third-order valence-electron chi connectivity index (χ3n) is 3.02. The Balaban J connectivity index is 2.72. The minimum atomic E-state index is -1.16. The van der Waals surface area contributed by atoms with E-state index in [0.29, 0.717) is 17.3 Å². The Morgan fingerprint density at radius 3 is 2.53 bits per heavy atom. The second-order valence-corrected chi connectivity index (χ2v) is 4.22. The molecule has 1 atom stereocenters. The lowest BCUT2D eigenvalue weighted by Gasteiger charge is -2.13. The zero-order chi connectivity index (χ0) is 14.0. The molecule has 0 amide bonds. The standard InChI is InChI=1S/C14H13NO4/c1-2-9(13(16)17)12-10(14(18)19)7-8-5-3-4-6-11(8)15-12/h3-7,9H,2H2,1H3,(H,16,17)(H,18,19). The van der Waals surface area contributed by atoms with Crippen LogP contribution >= 0.6 is 0 Å². The molecule has 2 N–H and O–H groups in total. The number of aromatic carboxylic acids is 1. The number of aromatic nitrogens is 1. The van der Waals surface area contributed by atoms with E-state index < -0.39 is 17.9 Å². The summed E-state index contributed by atoms with van der Waals surface area (Å²) in [5.41, 5.74) is 0.663. The molecule has 1 aromatic heterocycles. The van der Waals surface area contributed by atoms with E-state index in [1.165, 1.54) is 6.07 Å². The molecule has 0 aliphatic rings. The molecule has 0 bridgehead atoms. The highest BCUT2D eigenvalue weighted by Crippen LogP contribution is 2.25.